The van der Waals surface area contributed by atoms with E-state index < -0.39 is 0 Å². The summed E-state index contributed by atoms with van der Waals surface area (Å²) in [5, 5.41) is 7.90. The summed E-state index contributed by atoms with van der Waals surface area (Å²) in [5.41, 5.74) is 5.95. The van der Waals surface area contributed by atoms with E-state index in [1.165, 1.54) is 0 Å². The van der Waals surface area contributed by atoms with Crippen LogP contribution in [0.4, 0.5) is 0 Å². The van der Waals surface area contributed by atoms with Gasteiger partial charge in [0.15, 0.2) is 0 Å². The van der Waals surface area contributed by atoms with E-state index in [1.807, 2.05) is 0 Å². The average molecular weight is 241 g/mol. The zero-order valence-corrected chi connectivity index (χ0v) is 10.3. The van der Waals surface area contributed by atoms with Crippen LogP contribution in [0.1, 0.15) is 25.8 Å². The summed E-state index contributed by atoms with van der Waals surface area (Å²) in [5.74, 6) is 1.10. The molecule has 0 aliphatic heterocycles. The minimum Gasteiger partial charge on any atom is -0.493 e. The molecule has 0 fully saturated rings. The van der Waals surface area contributed by atoms with E-state index >= 15 is 0 Å². The van der Waals surface area contributed by atoms with Gasteiger partial charge >= 0.3 is 0 Å². The van der Waals surface area contributed by atoms with Crippen molar-refractivity contribution in [3.8, 4) is 5.75 Å². The first-order valence-corrected chi connectivity index (χ1v) is 5.66. The Morgan fingerprint density at radius 2 is 2.19 bits per heavy atom. The summed E-state index contributed by atoms with van der Waals surface area (Å²) in [6.07, 6.45) is 0.962. The van der Waals surface area contributed by atoms with Gasteiger partial charge in [0.1, 0.15) is 11.6 Å². The predicted molar refractivity (Wildman–Crippen MR) is 67.4 cm³/mol. The zero-order valence-electron chi connectivity index (χ0n) is 9.59. The molecule has 0 spiro atoms. The number of rotatable bonds is 5. The largest absolute Gasteiger partial charge is 0.493 e. The van der Waals surface area contributed by atoms with Crippen molar-refractivity contribution in [2.24, 2.45) is 11.7 Å². The summed E-state index contributed by atoms with van der Waals surface area (Å²) in [7, 11) is 0. The van der Waals surface area contributed by atoms with Crippen LogP contribution in [0.25, 0.3) is 0 Å². The van der Waals surface area contributed by atoms with Crippen LogP contribution in [0.2, 0.25) is 5.02 Å². The molecule has 1 aromatic rings. The number of benzene rings is 1. The first-order valence-electron chi connectivity index (χ1n) is 5.28. The van der Waals surface area contributed by atoms with Gasteiger partial charge in [-0.05, 0) is 24.5 Å². The van der Waals surface area contributed by atoms with Crippen molar-refractivity contribution >= 4 is 17.4 Å². The van der Waals surface area contributed by atoms with Crippen molar-refractivity contribution in [1.82, 2.24) is 0 Å². The third-order valence-electron chi connectivity index (χ3n) is 2.20. The molecular formula is C12H17ClN2O. The second kappa shape index (κ2) is 5.75. The molecular weight excluding hydrogens is 224 g/mol. The smallest absolute Gasteiger partial charge is 0.131 e. The van der Waals surface area contributed by atoms with Gasteiger partial charge in [0.05, 0.1) is 17.2 Å². The van der Waals surface area contributed by atoms with E-state index in [4.69, 9.17) is 27.5 Å². The second-order valence-electron chi connectivity index (χ2n) is 4.06. The molecule has 0 saturated carbocycles. The fourth-order valence-electron chi connectivity index (χ4n) is 1.29. The molecule has 0 unspecified atom stereocenters. The molecule has 0 amide bonds. The molecule has 4 heteroatoms. The molecule has 0 aliphatic carbocycles. The Balaban J connectivity index is 2.79. The highest BCUT2D eigenvalue weighted by Gasteiger charge is 2.10. The summed E-state index contributed by atoms with van der Waals surface area (Å²) >= 11 is 5.97. The number of nitrogen functional groups attached to an aromatic ring is 1. The molecule has 0 atom stereocenters. The van der Waals surface area contributed by atoms with Crippen LogP contribution in [0, 0.1) is 11.3 Å². The number of halogens is 1. The SMILES string of the molecule is CC(C)CCOc1cccc(Cl)c1C(=N)N. The van der Waals surface area contributed by atoms with Crippen LogP contribution in [-0.4, -0.2) is 12.4 Å². The molecule has 88 valence electrons. The van der Waals surface area contributed by atoms with E-state index in [-0.39, 0.29) is 5.84 Å². The van der Waals surface area contributed by atoms with Gasteiger partial charge in [-0.3, -0.25) is 5.41 Å². The molecule has 16 heavy (non-hydrogen) atoms. The summed E-state index contributed by atoms with van der Waals surface area (Å²) in [6, 6.07) is 5.27. The van der Waals surface area contributed by atoms with Gasteiger partial charge in [0, 0.05) is 0 Å². The van der Waals surface area contributed by atoms with Gasteiger partial charge < -0.3 is 10.5 Å². The second-order valence-corrected chi connectivity index (χ2v) is 4.46. The number of hydrogen-bond donors (Lipinski definition) is 2. The lowest BCUT2D eigenvalue weighted by Gasteiger charge is -2.12. The molecule has 3 N–H and O–H groups in total. The fourth-order valence-corrected chi connectivity index (χ4v) is 1.56. The molecule has 0 radical (unpaired) electrons. The highest BCUT2D eigenvalue weighted by Crippen LogP contribution is 2.26. The number of nitrogens with two attached hydrogens (primary N) is 1. The number of ether oxygens (including phenoxy) is 1. The minimum absolute atomic E-state index is 0.0647. The van der Waals surface area contributed by atoms with Gasteiger partial charge in [-0.2, -0.15) is 0 Å². The maximum Gasteiger partial charge on any atom is 0.131 e. The quantitative estimate of drug-likeness (QED) is 0.614. The summed E-state index contributed by atoms with van der Waals surface area (Å²) in [6.45, 7) is 4.87. The maximum atomic E-state index is 7.45. The zero-order chi connectivity index (χ0) is 12.1. The van der Waals surface area contributed by atoms with Gasteiger partial charge in [-0.15, -0.1) is 0 Å². The summed E-state index contributed by atoms with van der Waals surface area (Å²) in [4.78, 5) is 0. The Bertz CT molecular complexity index is 377. The summed E-state index contributed by atoms with van der Waals surface area (Å²) < 4.78 is 5.58. The van der Waals surface area contributed by atoms with Crippen LogP contribution in [0.5, 0.6) is 5.75 Å². The number of amidine groups is 1. The van der Waals surface area contributed by atoms with E-state index in [1.54, 1.807) is 18.2 Å². The van der Waals surface area contributed by atoms with Crippen LogP contribution in [-0.2, 0) is 0 Å². The van der Waals surface area contributed by atoms with Crippen molar-refractivity contribution in [2.75, 3.05) is 6.61 Å². The lowest BCUT2D eigenvalue weighted by Crippen LogP contribution is -2.14. The first kappa shape index (κ1) is 12.8. The highest BCUT2D eigenvalue weighted by atomic mass is 35.5. The van der Waals surface area contributed by atoms with E-state index in [9.17, 15) is 0 Å². The fraction of sp³-hybridized carbons (Fsp3) is 0.417. The number of nitrogens with one attached hydrogen (secondary N) is 1. The minimum atomic E-state index is -0.0647. The molecule has 3 nitrogen and oxygen atoms in total. The molecule has 0 bridgehead atoms. The van der Waals surface area contributed by atoms with E-state index in [0.717, 1.165) is 6.42 Å². The topological polar surface area (TPSA) is 59.1 Å². The van der Waals surface area contributed by atoms with Gasteiger partial charge in [0.25, 0.3) is 0 Å². The van der Waals surface area contributed by atoms with Gasteiger partial charge in [-0.25, -0.2) is 0 Å². The first-order chi connectivity index (χ1) is 7.52. The van der Waals surface area contributed by atoms with Crippen molar-refractivity contribution in [2.45, 2.75) is 20.3 Å². The third-order valence-corrected chi connectivity index (χ3v) is 2.51. The molecule has 0 aliphatic rings. The predicted octanol–water partition coefficient (Wildman–Crippen LogP) is 3.05. The molecule has 0 saturated heterocycles. The van der Waals surface area contributed by atoms with Crippen molar-refractivity contribution in [1.29, 1.82) is 5.41 Å². The lowest BCUT2D eigenvalue weighted by molar-refractivity contribution is 0.289. The van der Waals surface area contributed by atoms with Crippen LogP contribution in [0.3, 0.4) is 0 Å². The van der Waals surface area contributed by atoms with Crippen LogP contribution in [0.15, 0.2) is 18.2 Å². The molecule has 1 rings (SSSR count). The molecule has 0 aromatic heterocycles. The Hall–Kier alpha value is -1.22. The Labute approximate surface area is 101 Å². The molecule has 1 aromatic carbocycles. The highest BCUT2D eigenvalue weighted by molar-refractivity contribution is 6.34. The van der Waals surface area contributed by atoms with Crippen molar-refractivity contribution in [3.05, 3.63) is 28.8 Å². The lowest BCUT2D eigenvalue weighted by atomic mass is 10.1. The van der Waals surface area contributed by atoms with Gasteiger partial charge in [-0.1, -0.05) is 31.5 Å². The average Bonchev–Trinajstić information content (AvgIpc) is 2.16. The maximum absolute atomic E-state index is 7.45. The molecule has 0 heterocycles. The standard InChI is InChI=1S/C12H17ClN2O/c1-8(2)6-7-16-10-5-3-4-9(13)11(10)12(14)15/h3-5,8H,6-7H2,1-2H3,(H3,14,15). The Kier molecular flexibility index (Phi) is 4.62. The van der Waals surface area contributed by atoms with Crippen molar-refractivity contribution < 1.29 is 4.74 Å². The number of hydrogen-bond acceptors (Lipinski definition) is 2. The normalized spacial score (nSPS) is 10.5. The van der Waals surface area contributed by atoms with E-state index in [2.05, 4.69) is 13.8 Å². The Morgan fingerprint density at radius 3 is 2.75 bits per heavy atom. The van der Waals surface area contributed by atoms with Crippen LogP contribution >= 0.6 is 11.6 Å². The van der Waals surface area contributed by atoms with Crippen molar-refractivity contribution in [3.63, 3.8) is 0 Å². The monoisotopic (exact) mass is 240 g/mol. The van der Waals surface area contributed by atoms with Crippen LogP contribution < -0.4 is 10.5 Å². The third kappa shape index (κ3) is 3.42. The Morgan fingerprint density at radius 1 is 1.50 bits per heavy atom. The van der Waals surface area contributed by atoms with Gasteiger partial charge in [0.2, 0.25) is 0 Å². The van der Waals surface area contributed by atoms with E-state index in [0.29, 0.717) is 28.9 Å².